The van der Waals surface area contributed by atoms with Crippen LogP contribution in [0.1, 0.15) is 97.8 Å². The molecule has 9 aliphatic rings. The number of rotatable bonds is 16. The maximum Gasteiger partial charge on any atom is 0.172 e. The molecule has 9 heterocycles. The Bertz CT molecular complexity index is 1380. The topological polar surface area (TPSA) is 121 Å². The molecule has 0 aromatic rings. The molecule has 9 aliphatic heterocycles. The van der Waals surface area contributed by atoms with E-state index in [1.165, 1.54) is 11.1 Å². The third-order valence-electron chi connectivity index (χ3n) is 14.3. The number of Topliss-reactive ketones (excluding diaryl/α,β-unsaturated/α-hetero) is 1. The molecule has 0 aromatic heterocycles. The second kappa shape index (κ2) is 16.8. The number of nitrogens with one attached hydrogen (secondary N) is 1. The number of ketones is 1. The van der Waals surface area contributed by atoms with E-state index < -0.39 is 5.79 Å². The summed E-state index contributed by atoms with van der Waals surface area (Å²) in [5, 5.41) is 3.18. The molecule has 12 heteroatoms. The molecule has 0 radical (unpaired) electrons. The van der Waals surface area contributed by atoms with Crippen molar-refractivity contribution in [2.24, 2.45) is 11.8 Å². The first kappa shape index (κ1) is 40.5. The van der Waals surface area contributed by atoms with Gasteiger partial charge in [0.15, 0.2) is 5.79 Å². The van der Waals surface area contributed by atoms with E-state index in [0.717, 1.165) is 51.5 Å². The number of ether oxygens (including phenoxy) is 10. The molecule has 12 nitrogen and oxygen atoms in total. The van der Waals surface area contributed by atoms with E-state index >= 15 is 0 Å². The predicted molar refractivity (Wildman–Crippen MR) is 203 cm³/mol. The molecule has 0 spiro atoms. The second-order valence-corrected chi connectivity index (χ2v) is 18.0. The predicted octanol–water partition coefficient (Wildman–Crippen LogP) is 4.99. The highest BCUT2D eigenvalue weighted by molar-refractivity contribution is 5.79. The van der Waals surface area contributed by atoms with Crippen molar-refractivity contribution in [2.45, 2.75) is 201 Å². The third kappa shape index (κ3) is 8.18. The number of methoxy groups -OCH3 is 2. The highest BCUT2D eigenvalue weighted by Gasteiger charge is 2.68. The van der Waals surface area contributed by atoms with Crippen LogP contribution in [0.2, 0.25) is 0 Å². The van der Waals surface area contributed by atoms with E-state index in [0.29, 0.717) is 38.0 Å². The Hall–Kier alpha value is -1.29. The van der Waals surface area contributed by atoms with Crippen LogP contribution >= 0.6 is 0 Å². The van der Waals surface area contributed by atoms with Gasteiger partial charge in [0.1, 0.15) is 36.3 Å². The fourth-order valence-electron chi connectivity index (χ4n) is 11.3. The Morgan fingerprint density at radius 2 is 1.64 bits per heavy atom. The quantitative estimate of drug-likeness (QED) is 0.213. The van der Waals surface area contributed by atoms with Gasteiger partial charge in [-0.05, 0) is 82.9 Å². The number of fused-ring (bicyclic) bond motifs is 1. The zero-order valence-electron chi connectivity index (χ0n) is 34.0. The van der Waals surface area contributed by atoms with Crippen LogP contribution in [0, 0.1) is 11.8 Å². The van der Waals surface area contributed by atoms with Crippen LogP contribution in [-0.4, -0.2) is 137 Å². The molecular weight excluding hydrogens is 706 g/mol. The maximum absolute atomic E-state index is 13.7. The van der Waals surface area contributed by atoms with E-state index in [-0.39, 0.29) is 109 Å². The normalized spacial score (nSPS) is 48.0. The Labute approximate surface area is 327 Å². The van der Waals surface area contributed by atoms with Crippen LogP contribution < -0.4 is 5.32 Å². The van der Waals surface area contributed by atoms with Gasteiger partial charge in [0.25, 0.3) is 0 Å². The molecule has 0 amide bonds. The molecule has 55 heavy (non-hydrogen) atoms. The minimum atomic E-state index is -0.777. The molecule has 1 N–H and O–H groups in total. The minimum absolute atomic E-state index is 0.00589. The van der Waals surface area contributed by atoms with Gasteiger partial charge < -0.3 is 52.7 Å². The summed E-state index contributed by atoms with van der Waals surface area (Å²) in [6.07, 6.45) is 7.37. The number of likely N-dealkylation sites (N-methyl/N-ethyl adjacent to an activating group) is 1. The molecule has 0 saturated carbocycles. The first-order valence-corrected chi connectivity index (χ1v) is 21.3. The van der Waals surface area contributed by atoms with Gasteiger partial charge in [-0.3, -0.25) is 4.79 Å². The monoisotopic (exact) mass is 773 g/mol. The van der Waals surface area contributed by atoms with Crippen molar-refractivity contribution in [1.29, 1.82) is 0 Å². The van der Waals surface area contributed by atoms with Gasteiger partial charge in [-0.2, -0.15) is 0 Å². The highest BCUT2D eigenvalue weighted by Crippen LogP contribution is 2.54. The Morgan fingerprint density at radius 1 is 0.855 bits per heavy atom. The molecule has 0 aromatic carbocycles. The first-order valence-electron chi connectivity index (χ1n) is 21.3. The van der Waals surface area contributed by atoms with Crippen LogP contribution in [0.5, 0.6) is 0 Å². The standard InChI is InChI=1S/C43H67NO11/c1-22-15-28(48-25(4)24(22)3)9-11-33-23(2)16-30(50-33)13-14-43-20-36-39(54-43)40-41(53-36)42(55-43)38-34(52-40)12-10-29(51-38)17-27(45)18-32-26(5)49-35(37(32)47-8)19-31(46-7)21-44-6/h22,25-26,28-42,44H,2-3,9-21H2,1,4-8H3/t22-,25-,26+,28+,29-,30+,31+,32+,33+,34+,35-,36-,37-,38+,39+,40+,41?,42+,43+/m1/s1. The lowest BCUT2D eigenvalue weighted by Gasteiger charge is -2.47. The van der Waals surface area contributed by atoms with E-state index in [4.69, 9.17) is 47.4 Å². The molecule has 1 unspecified atom stereocenters. The van der Waals surface area contributed by atoms with Gasteiger partial charge in [0, 0.05) is 58.8 Å². The van der Waals surface area contributed by atoms with Gasteiger partial charge in [-0.1, -0.05) is 20.1 Å². The molecule has 9 rings (SSSR count). The maximum atomic E-state index is 13.7. The SMILES string of the molecule is C=C1C[C@H](CC[C@@]23C[C@H]4OC5[C@@H](O[C@H]6CC[C@H](CC(=O)C[C@@H]7[C@@H](OC)[C@@H](C[C@@H](CNC)OC)O[C@H]7C)O[C@@H]6[C@@H]5O2)[C@H]4O3)O[C@H]1CC[C@H]1C[C@@H](C)C(=C)[C@@H](C)O1. The number of hydrogen-bond acceptors (Lipinski definition) is 12. The third-order valence-corrected chi connectivity index (χ3v) is 14.3. The van der Waals surface area contributed by atoms with Crippen LogP contribution in [0.15, 0.2) is 24.3 Å². The lowest BCUT2D eigenvalue weighted by Crippen LogP contribution is -2.61. The molecule has 0 aliphatic carbocycles. The number of hydrogen-bond donors (Lipinski definition) is 1. The zero-order valence-corrected chi connectivity index (χ0v) is 34.0. The molecule has 19 atom stereocenters. The summed E-state index contributed by atoms with van der Waals surface area (Å²) >= 11 is 0. The Balaban J connectivity index is 0.852. The van der Waals surface area contributed by atoms with Crippen LogP contribution in [0.25, 0.3) is 0 Å². The fourth-order valence-corrected chi connectivity index (χ4v) is 11.3. The second-order valence-electron chi connectivity index (χ2n) is 18.0. The largest absolute Gasteiger partial charge is 0.380 e. The van der Waals surface area contributed by atoms with Crippen molar-refractivity contribution < 1.29 is 52.2 Å². The fraction of sp³-hybridized carbons (Fsp3) is 0.884. The minimum Gasteiger partial charge on any atom is -0.380 e. The van der Waals surface area contributed by atoms with Crippen molar-refractivity contribution in [2.75, 3.05) is 27.8 Å². The van der Waals surface area contributed by atoms with Crippen molar-refractivity contribution in [3.63, 3.8) is 0 Å². The molecular formula is C43H67NO11. The summed E-state index contributed by atoms with van der Waals surface area (Å²) in [5.41, 5.74) is 2.36. The molecule has 9 saturated heterocycles. The van der Waals surface area contributed by atoms with Crippen LogP contribution in [0.4, 0.5) is 0 Å². The van der Waals surface area contributed by atoms with Crippen molar-refractivity contribution in [3.8, 4) is 0 Å². The van der Waals surface area contributed by atoms with Gasteiger partial charge >= 0.3 is 0 Å². The van der Waals surface area contributed by atoms with Gasteiger partial charge in [-0.25, -0.2) is 0 Å². The van der Waals surface area contributed by atoms with Crippen molar-refractivity contribution in [1.82, 2.24) is 5.32 Å². The zero-order chi connectivity index (χ0) is 38.6. The van der Waals surface area contributed by atoms with Crippen LogP contribution in [-0.2, 0) is 52.2 Å². The lowest BCUT2D eigenvalue weighted by molar-refractivity contribution is -0.292. The highest BCUT2D eigenvalue weighted by atomic mass is 16.8. The number of carbonyl (C=O) groups is 1. The first-order chi connectivity index (χ1) is 26.5. The van der Waals surface area contributed by atoms with Crippen molar-refractivity contribution in [3.05, 3.63) is 24.3 Å². The summed E-state index contributed by atoms with van der Waals surface area (Å²) in [7, 11) is 5.34. The summed E-state index contributed by atoms with van der Waals surface area (Å²) in [6, 6.07) is 0. The van der Waals surface area contributed by atoms with E-state index in [1.807, 2.05) is 14.0 Å². The van der Waals surface area contributed by atoms with E-state index in [9.17, 15) is 4.79 Å². The Morgan fingerprint density at radius 3 is 2.40 bits per heavy atom. The average molecular weight is 774 g/mol. The van der Waals surface area contributed by atoms with Crippen LogP contribution in [0.3, 0.4) is 0 Å². The summed E-state index contributed by atoms with van der Waals surface area (Å²) < 4.78 is 64.7. The smallest absolute Gasteiger partial charge is 0.172 e. The number of carbonyl (C=O) groups excluding carboxylic acids is 1. The van der Waals surface area contributed by atoms with Gasteiger partial charge in [0.05, 0.1) is 67.1 Å². The molecule has 310 valence electrons. The lowest BCUT2D eigenvalue weighted by atomic mass is 9.85. The summed E-state index contributed by atoms with van der Waals surface area (Å²) in [4.78, 5) is 13.7. The van der Waals surface area contributed by atoms with Gasteiger partial charge in [-0.15, -0.1) is 0 Å². The van der Waals surface area contributed by atoms with Gasteiger partial charge in [0.2, 0.25) is 0 Å². The van der Waals surface area contributed by atoms with Crippen molar-refractivity contribution >= 4 is 5.78 Å². The molecule has 6 bridgehead atoms. The van der Waals surface area contributed by atoms with E-state index in [1.54, 1.807) is 14.2 Å². The average Bonchev–Trinajstić information content (AvgIpc) is 3.83. The molecule has 9 fully saturated rings. The summed E-state index contributed by atoms with van der Waals surface area (Å²) in [6.45, 7) is 15.7. The summed E-state index contributed by atoms with van der Waals surface area (Å²) in [5.74, 6) is -0.162. The van der Waals surface area contributed by atoms with E-state index in [2.05, 4.69) is 32.3 Å². The Kier molecular flexibility index (Phi) is 12.3.